The summed E-state index contributed by atoms with van der Waals surface area (Å²) in [6.45, 7) is 7.67. The van der Waals surface area contributed by atoms with Crippen molar-refractivity contribution in [1.29, 1.82) is 0 Å². The van der Waals surface area contributed by atoms with Crippen molar-refractivity contribution in [1.82, 2.24) is 15.3 Å². The fourth-order valence-electron chi connectivity index (χ4n) is 4.24. The lowest BCUT2D eigenvalue weighted by Gasteiger charge is -2.27. The molecule has 1 saturated carbocycles. The van der Waals surface area contributed by atoms with Gasteiger partial charge in [0.05, 0.1) is 6.04 Å². The van der Waals surface area contributed by atoms with Crippen LogP contribution >= 0.6 is 12.4 Å². The summed E-state index contributed by atoms with van der Waals surface area (Å²) in [5.41, 5.74) is 1.17. The average Bonchev–Trinajstić information content (AvgIpc) is 3.43. The molecule has 1 amide bonds. The zero-order chi connectivity index (χ0) is 18.1. The first kappa shape index (κ1) is 20.3. The van der Waals surface area contributed by atoms with E-state index in [1.165, 1.54) is 18.5 Å². The summed E-state index contributed by atoms with van der Waals surface area (Å²) in [5, 5.41) is 3.35. The Labute approximate surface area is 167 Å². The van der Waals surface area contributed by atoms with Crippen LogP contribution in [0.25, 0.3) is 0 Å². The first-order valence-corrected chi connectivity index (χ1v) is 10.1. The number of hydrogen-bond donors (Lipinski definition) is 1. The SMILES string of the molecule is CC(C)[C@H]1CN(c2cc(C3CC3)ncn2)C[C@@H]1NC(=O)C1CCOCC1.Cl. The van der Waals surface area contributed by atoms with Gasteiger partial charge >= 0.3 is 0 Å². The monoisotopic (exact) mass is 394 g/mol. The molecule has 2 atom stereocenters. The molecule has 0 aromatic carbocycles. The van der Waals surface area contributed by atoms with E-state index in [4.69, 9.17) is 4.74 Å². The van der Waals surface area contributed by atoms with Crippen LogP contribution in [-0.4, -0.2) is 48.2 Å². The molecule has 7 heteroatoms. The number of carbonyl (C=O) groups is 1. The molecule has 6 nitrogen and oxygen atoms in total. The van der Waals surface area contributed by atoms with Gasteiger partial charge in [-0.2, -0.15) is 0 Å². The minimum absolute atomic E-state index is 0. The lowest BCUT2D eigenvalue weighted by atomic mass is 9.90. The molecule has 1 aliphatic carbocycles. The Balaban J connectivity index is 0.00000210. The Morgan fingerprint density at radius 3 is 2.59 bits per heavy atom. The number of amides is 1. The fourth-order valence-corrected chi connectivity index (χ4v) is 4.24. The van der Waals surface area contributed by atoms with Crippen molar-refractivity contribution in [2.75, 3.05) is 31.2 Å². The van der Waals surface area contributed by atoms with Gasteiger partial charge in [0.2, 0.25) is 5.91 Å². The molecule has 3 aliphatic rings. The van der Waals surface area contributed by atoms with Crippen LogP contribution in [0.4, 0.5) is 5.82 Å². The fraction of sp³-hybridized carbons (Fsp3) is 0.750. The standard InChI is InChI=1S/C20H30N4O2.ClH/c1-13(2)16-10-24(19-9-17(14-3-4-14)21-12-22-19)11-18(16)23-20(25)15-5-7-26-8-6-15;/h9,12-16,18H,3-8,10-11H2,1-2H3,(H,23,25);1H/t16-,18+;/m1./s1. The Hall–Kier alpha value is -1.40. The first-order chi connectivity index (χ1) is 12.6. The largest absolute Gasteiger partial charge is 0.381 e. The third kappa shape index (κ3) is 4.72. The zero-order valence-corrected chi connectivity index (χ0v) is 17.1. The van der Waals surface area contributed by atoms with Gasteiger partial charge in [-0.1, -0.05) is 13.8 Å². The van der Waals surface area contributed by atoms with Crippen LogP contribution in [0.1, 0.15) is 51.1 Å². The molecule has 0 spiro atoms. The minimum atomic E-state index is 0. The number of ether oxygens (including phenoxy) is 1. The van der Waals surface area contributed by atoms with Crippen molar-refractivity contribution in [3.05, 3.63) is 18.1 Å². The van der Waals surface area contributed by atoms with E-state index >= 15 is 0 Å². The van der Waals surface area contributed by atoms with E-state index in [1.54, 1.807) is 6.33 Å². The maximum atomic E-state index is 12.7. The van der Waals surface area contributed by atoms with Gasteiger partial charge in [-0.15, -0.1) is 12.4 Å². The minimum Gasteiger partial charge on any atom is -0.381 e. The van der Waals surface area contributed by atoms with Crippen molar-refractivity contribution in [3.8, 4) is 0 Å². The Morgan fingerprint density at radius 1 is 1.19 bits per heavy atom. The van der Waals surface area contributed by atoms with Crippen LogP contribution in [0, 0.1) is 17.8 Å². The van der Waals surface area contributed by atoms with Crippen molar-refractivity contribution < 1.29 is 9.53 Å². The maximum Gasteiger partial charge on any atom is 0.223 e. The molecule has 1 N–H and O–H groups in total. The predicted octanol–water partition coefficient (Wildman–Crippen LogP) is 2.78. The van der Waals surface area contributed by atoms with Gasteiger partial charge < -0.3 is 15.0 Å². The quantitative estimate of drug-likeness (QED) is 0.831. The average molecular weight is 395 g/mol. The number of hydrogen-bond acceptors (Lipinski definition) is 5. The number of anilines is 1. The third-order valence-electron chi connectivity index (χ3n) is 6.13. The summed E-state index contributed by atoms with van der Waals surface area (Å²) >= 11 is 0. The van der Waals surface area contributed by atoms with E-state index in [0.717, 1.165) is 31.7 Å². The molecule has 3 heterocycles. The summed E-state index contributed by atoms with van der Waals surface area (Å²) < 4.78 is 5.39. The number of halogens is 1. The Morgan fingerprint density at radius 2 is 1.93 bits per heavy atom. The van der Waals surface area contributed by atoms with Gasteiger partial charge in [0.25, 0.3) is 0 Å². The molecule has 0 unspecified atom stereocenters. The third-order valence-corrected chi connectivity index (χ3v) is 6.13. The zero-order valence-electron chi connectivity index (χ0n) is 16.3. The van der Waals surface area contributed by atoms with Crippen LogP contribution in [-0.2, 0) is 9.53 Å². The van der Waals surface area contributed by atoms with E-state index in [1.807, 2.05) is 0 Å². The molecule has 0 radical (unpaired) electrons. The highest BCUT2D eigenvalue weighted by molar-refractivity contribution is 5.85. The topological polar surface area (TPSA) is 67.4 Å². The number of aromatic nitrogens is 2. The molecule has 150 valence electrons. The van der Waals surface area contributed by atoms with Crippen LogP contribution in [0.15, 0.2) is 12.4 Å². The maximum absolute atomic E-state index is 12.7. The molecule has 2 saturated heterocycles. The smallest absolute Gasteiger partial charge is 0.223 e. The van der Waals surface area contributed by atoms with Gasteiger partial charge in [0.15, 0.2) is 0 Å². The van der Waals surface area contributed by atoms with Gasteiger partial charge in [-0.05, 0) is 31.6 Å². The first-order valence-electron chi connectivity index (χ1n) is 10.1. The van der Waals surface area contributed by atoms with Crippen LogP contribution in [0.3, 0.4) is 0 Å². The summed E-state index contributed by atoms with van der Waals surface area (Å²) in [5.74, 6) is 2.90. The molecule has 1 aromatic heterocycles. The Bertz CT molecular complexity index is 647. The van der Waals surface area contributed by atoms with E-state index in [0.29, 0.717) is 31.0 Å². The van der Waals surface area contributed by atoms with Crippen LogP contribution in [0.2, 0.25) is 0 Å². The van der Waals surface area contributed by atoms with Crippen molar-refractivity contribution >= 4 is 24.1 Å². The van der Waals surface area contributed by atoms with E-state index in [-0.39, 0.29) is 30.3 Å². The highest BCUT2D eigenvalue weighted by atomic mass is 35.5. The van der Waals surface area contributed by atoms with Gasteiger partial charge in [-0.25, -0.2) is 9.97 Å². The highest BCUT2D eigenvalue weighted by Crippen LogP contribution is 2.40. The molecule has 27 heavy (non-hydrogen) atoms. The Kier molecular flexibility index (Phi) is 6.58. The van der Waals surface area contributed by atoms with Crippen LogP contribution in [0.5, 0.6) is 0 Å². The molecule has 0 bridgehead atoms. The molecule has 1 aromatic rings. The van der Waals surface area contributed by atoms with Gasteiger partial charge in [0.1, 0.15) is 12.1 Å². The molecular formula is C20H31ClN4O2. The predicted molar refractivity (Wildman–Crippen MR) is 107 cm³/mol. The molecular weight excluding hydrogens is 364 g/mol. The van der Waals surface area contributed by atoms with Gasteiger partial charge in [-0.3, -0.25) is 4.79 Å². The van der Waals surface area contributed by atoms with Crippen LogP contribution < -0.4 is 10.2 Å². The van der Waals surface area contributed by atoms with E-state index in [2.05, 4.69) is 40.1 Å². The summed E-state index contributed by atoms with van der Waals surface area (Å²) in [4.78, 5) is 24.0. The summed E-state index contributed by atoms with van der Waals surface area (Å²) in [7, 11) is 0. The number of nitrogens with zero attached hydrogens (tertiary/aromatic N) is 3. The lowest BCUT2D eigenvalue weighted by molar-refractivity contribution is -0.128. The molecule has 4 rings (SSSR count). The molecule has 2 aliphatic heterocycles. The second kappa shape index (κ2) is 8.74. The normalized spacial score (nSPS) is 26.1. The second-order valence-corrected chi connectivity index (χ2v) is 8.39. The van der Waals surface area contributed by atoms with E-state index < -0.39 is 0 Å². The number of carbonyl (C=O) groups excluding carboxylic acids is 1. The van der Waals surface area contributed by atoms with Crippen molar-refractivity contribution in [3.63, 3.8) is 0 Å². The highest BCUT2D eigenvalue weighted by Gasteiger charge is 2.38. The summed E-state index contributed by atoms with van der Waals surface area (Å²) in [6.07, 6.45) is 5.86. The molecule has 3 fully saturated rings. The van der Waals surface area contributed by atoms with Gasteiger partial charge in [0, 0.05) is 55.8 Å². The summed E-state index contributed by atoms with van der Waals surface area (Å²) in [6, 6.07) is 2.34. The van der Waals surface area contributed by atoms with Crippen molar-refractivity contribution in [2.45, 2.75) is 51.5 Å². The van der Waals surface area contributed by atoms with E-state index in [9.17, 15) is 4.79 Å². The lowest BCUT2D eigenvalue weighted by Crippen LogP contribution is -2.45. The second-order valence-electron chi connectivity index (χ2n) is 8.39. The van der Waals surface area contributed by atoms with Crippen molar-refractivity contribution in [2.24, 2.45) is 17.8 Å². The number of rotatable bonds is 5. The number of nitrogens with one attached hydrogen (secondary N) is 1.